The number of carbonyl (C=O) groups is 2. The van der Waals surface area contributed by atoms with E-state index in [9.17, 15) is 9.59 Å². The molecule has 0 spiro atoms. The molecule has 2 heterocycles. The number of halogens is 1. The number of fused-ring (bicyclic) bond motifs is 1. The Morgan fingerprint density at radius 3 is 2.82 bits per heavy atom. The van der Waals surface area contributed by atoms with Gasteiger partial charge < -0.3 is 10.1 Å². The summed E-state index contributed by atoms with van der Waals surface area (Å²) >= 11 is 8.74. The van der Waals surface area contributed by atoms with Crippen LogP contribution < -0.4 is 5.32 Å². The van der Waals surface area contributed by atoms with Crippen LogP contribution in [0.3, 0.4) is 0 Å². The van der Waals surface area contributed by atoms with Crippen LogP contribution in [0.2, 0.25) is 5.02 Å². The molecule has 0 unspecified atom stereocenters. The Balaban J connectivity index is 1.48. The Bertz CT molecular complexity index is 1190. The zero-order chi connectivity index (χ0) is 23.4. The fourth-order valence-corrected chi connectivity index (χ4v) is 5.87. The van der Waals surface area contributed by atoms with E-state index in [0.717, 1.165) is 35.3 Å². The lowest BCUT2D eigenvalue weighted by Gasteiger charge is -2.09. The number of aryl methyl sites for hydroxylation is 1. The van der Waals surface area contributed by atoms with Crippen molar-refractivity contribution >= 4 is 51.6 Å². The van der Waals surface area contributed by atoms with E-state index < -0.39 is 0 Å². The van der Waals surface area contributed by atoms with Crippen molar-refractivity contribution in [2.45, 2.75) is 37.9 Å². The molecule has 0 saturated heterocycles. The number of nitrogens with one attached hydrogen (secondary N) is 1. The van der Waals surface area contributed by atoms with Crippen molar-refractivity contribution in [3.63, 3.8) is 0 Å². The number of thioether (sulfide) groups is 1. The SMILES string of the molecule is C=CCn1c(SCC(=O)Nc2sc3c(c2C(=O)OCC)CCC3)nnc1-c1ccc(Cl)cc1. The highest BCUT2D eigenvalue weighted by Gasteiger charge is 2.28. The van der Waals surface area contributed by atoms with E-state index in [-0.39, 0.29) is 17.6 Å². The van der Waals surface area contributed by atoms with E-state index in [1.54, 1.807) is 25.1 Å². The second kappa shape index (κ2) is 10.5. The predicted molar refractivity (Wildman–Crippen MR) is 132 cm³/mol. The van der Waals surface area contributed by atoms with Gasteiger partial charge in [-0.2, -0.15) is 0 Å². The van der Waals surface area contributed by atoms with Crippen LogP contribution in [0.25, 0.3) is 11.4 Å². The number of hydrogen-bond acceptors (Lipinski definition) is 7. The molecule has 1 aromatic carbocycles. The van der Waals surface area contributed by atoms with Crippen LogP contribution in [0, 0.1) is 0 Å². The fourth-order valence-electron chi connectivity index (χ4n) is 3.71. The summed E-state index contributed by atoms with van der Waals surface area (Å²) in [6, 6.07) is 7.34. The monoisotopic (exact) mass is 502 g/mol. The van der Waals surface area contributed by atoms with Gasteiger partial charge in [0.25, 0.3) is 0 Å². The van der Waals surface area contributed by atoms with Gasteiger partial charge in [-0.25, -0.2) is 4.79 Å². The Hall–Kier alpha value is -2.62. The molecule has 10 heteroatoms. The van der Waals surface area contributed by atoms with E-state index in [1.807, 2.05) is 16.7 Å². The topological polar surface area (TPSA) is 86.1 Å². The molecular formula is C23H23ClN4O3S2. The van der Waals surface area contributed by atoms with Gasteiger partial charge in [0.15, 0.2) is 11.0 Å². The minimum absolute atomic E-state index is 0.126. The molecule has 1 amide bonds. The first-order valence-electron chi connectivity index (χ1n) is 10.6. The number of benzene rings is 1. The molecule has 4 rings (SSSR count). The van der Waals surface area contributed by atoms with Crippen molar-refractivity contribution in [3.05, 3.63) is 57.9 Å². The summed E-state index contributed by atoms with van der Waals surface area (Å²) in [4.78, 5) is 26.4. The minimum atomic E-state index is -0.377. The van der Waals surface area contributed by atoms with E-state index in [2.05, 4.69) is 22.1 Å². The van der Waals surface area contributed by atoms with Gasteiger partial charge in [0.1, 0.15) is 5.00 Å². The van der Waals surface area contributed by atoms with Gasteiger partial charge in [-0.1, -0.05) is 29.4 Å². The summed E-state index contributed by atoms with van der Waals surface area (Å²) in [5, 5.41) is 13.3. The van der Waals surface area contributed by atoms with Crippen molar-refractivity contribution in [2.75, 3.05) is 17.7 Å². The maximum absolute atomic E-state index is 12.8. The Morgan fingerprint density at radius 1 is 1.30 bits per heavy atom. The molecule has 1 N–H and O–H groups in total. The normalized spacial score (nSPS) is 12.4. The second-order valence-electron chi connectivity index (χ2n) is 7.33. The van der Waals surface area contributed by atoms with Gasteiger partial charge in [0.05, 0.1) is 17.9 Å². The van der Waals surface area contributed by atoms with Crippen LogP contribution in [0.5, 0.6) is 0 Å². The number of allylic oxidation sites excluding steroid dienone is 1. The van der Waals surface area contributed by atoms with Crippen molar-refractivity contribution in [1.82, 2.24) is 14.8 Å². The molecule has 0 atom stereocenters. The van der Waals surface area contributed by atoms with Gasteiger partial charge >= 0.3 is 5.97 Å². The molecule has 172 valence electrons. The summed E-state index contributed by atoms with van der Waals surface area (Å²) < 4.78 is 7.13. The minimum Gasteiger partial charge on any atom is -0.462 e. The zero-order valence-electron chi connectivity index (χ0n) is 18.1. The third-order valence-electron chi connectivity index (χ3n) is 5.12. The van der Waals surface area contributed by atoms with Crippen molar-refractivity contribution in [2.24, 2.45) is 0 Å². The Labute approximate surface area is 205 Å². The van der Waals surface area contributed by atoms with Crippen LogP contribution in [-0.4, -0.2) is 39.0 Å². The van der Waals surface area contributed by atoms with Gasteiger partial charge in [0.2, 0.25) is 5.91 Å². The molecule has 0 fully saturated rings. The largest absolute Gasteiger partial charge is 0.462 e. The molecule has 2 aromatic heterocycles. The average molecular weight is 503 g/mol. The quantitative estimate of drug-likeness (QED) is 0.244. The van der Waals surface area contributed by atoms with Gasteiger partial charge in [0, 0.05) is 22.0 Å². The van der Waals surface area contributed by atoms with Crippen molar-refractivity contribution in [3.8, 4) is 11.4 Å². The lowest BCUT2D eigenvalue weighted by atomic mass is 10.1. The third-order valence-corrected chi connectivity index (χ3v) is 7.54. The summed E-state index contributed by atoms with van der Waals surface area (Å²) in [5.74, 6) is 0.208. The van der Waals surface area contributed by atoms with E-state index >= 15 is 0 Å². The Morgan fingerprint density at radius 2 is 2.09 bits per heavy atom. The highest BCUT2D eigenvalue weighted by molar-refractivity contribution is 7.99. The number of amides is 1. The number of anilines is 1. The maximum Gasteiger partial charge on any atom is 0.341 e. The van der Waals surface area contributed by atoms with Gasteiger partial charge in [-0.15, -0.1) is 28.1 Å². The maximum atomic E-state index is 12.8. The van der Waals surface area contributed by atoms with Gasteiger partial charge in [-0.05, 0) is 56.0 Å². The molecule has 0 radical (unpaired) electrons. The van der Waals surface area contributed by atoms with Crippen molar-refractivity contribution in [1.29, 1.82) is 0 Å². The van der Waals surface area contributed by atoms with Crippen LogP contribution in [0.4, 0.5) is 5.00 Å². The zero-order valence-corrected chi connectivity index (χ0v) is 20.5. The summed E-state index contributed by atoms with van der Waals surface area (Å²) in [6.45, 7) is 6.38. The number of aromatic nitrogens is 3. The predicted octanol–water partition coefficient (Wildman–Crippen LogP) is 5.24. The number of ether oxygens (including phenoxy) is 1. The molecule has 0 aliphatic heterocycles. The van der Waals surface area contributed by atoms with E-state index in [0.29, 0.717) is 39.7 Å². The third kappa shape index (κ3) is 5.15. The number of thiophene rings is 1. The molecular weight excluding hydrogens is 480 g/mol. The summed E-state index contributed by atoms with van der Waals surface area (Å²) in [5.41, 5.74) is 2.39. The lowest BCUT2D eigenvalue weighted by molar-refractivity contribution is -0.113. The van der Waals surface area contributed by atoms with E-state index in [1.165, 1.54) is 23.1 Å². The van der Waals surface area contributed by atoms with Crippen LogP contribution in [0.15, 0.2) is 42.1 Å². The molecule has 1 aliphatic rings. The standard InChI is InChI=1S/C23H23ClN4O3S2/c1-3-12-28-20(14-8-10-15(24)11-9-14)26-27-23(28)32-13-18(29)25-21-19(22(30)31-4-2)16-6-5-7-17(16)33-21/h3,8-11H,1,4-7,12-13H2,2H3,(H,25,29). The molecule has 33 heavy (non-hydrogen) atoms. The summed E-state index contributed by atoms with van der Waals surface area (Å²) in [6.07, 6.45) is 4.54. The first-order chi connectivity index (χ1) is 16.0. The molecule has 7 nitrogen and oxygen atoms in total. The summed E-state index contributed by atoms with van der Waals surface area (Å²) in [7, 11) is 0. The average Bonchev–Trinajstić information content (AvgIpc) is 3.48. The smallest absolute Gasteiger partial charge is 0.341 e. The number of esters is 1. The van der Waals surface area contributed by atoms with E-state index in [4.69, 9.17) is 16.3 Å². The van der Waals surface area contributed by atoms with Crippen LogP contribution in [0.1, 0.15) is 34.1 Å². The van der Waals surface area contributed by atoms with Crippen molar-refractivity contribution < 1.29 is 14.3 Å². The van der Waals surface area contributed by atoms with Gasteiger partial charge in [-0.3, -0.25) is 9.36 Å². The first-order valence-corrected chi connectivity index (χ1v) is 12.7. The number of nitrogens with zero attached hydrogens (tertiary/aromatic N) is 3. The lowest BCUT2D eigenvalue weighted by Crippen LogP contribution is -2.17. The molecule has 0 bridgehead atoms. The fraction of sp³-hybridized carbons (Fsp3) is 0.304. The molecule has 1 aliphatic carbocycles. The Kier molecular flexibility index (Phi) is 7.52. The number of hydrogen-bond donors (Lipinski definition) is 1. The van der Waals surface area contributed by atoms with Crippen LogP contribution in [-0.2, 0) is 28.9 Å². The van der Waals surface area contributed by atoms with Crippen LogP contribution >= 0.6 is 34.7 Å². The number of carbonyl (C=O) groups excluding carboxylic acids is 2. The second-order valence-corrected chi connectivity index (χ2v) is 9.82. The molecule has 0 saturated carbocycles. The number of rotatable bonds is 9. The highest BCUT2D eigenvalue weighted by atomic mass is 35.5. The highest BCUT2D eigenvalue weighted by Crippen LogP contribution is 2.39. The molecule has 3 aromatic rings. The first kappa shape index (κ1) is 23.5.